The summed E-state index contributed by atoms with van der Waals surface area (Å²) in [5.74, 6) is 1.53. The zero-order valence-electron chi connectivity index (χ0n) is 14.9. The van der Waals surface area contributed by atoms with Crippen molar-refractivity contribution in [2.75, 3.05) is 45.8 Å². The summed E-state index contributed by atoms with van der Waals surface area (Å²) in [6.07, 6.45) is 13.6. The van der Waals surface area contributed by atoms with Crippen LogP contribution in [-0.4, -0.2) is 62.0 Å². The van der Waals surface area contributed by atoms with Crippen LogP contribution in [0.25, 0.3) is 0 Å². The number of ether oxygens (including phenoxy) is 2. The Bertz CT molecular complexity index is 335. The highest BCUT2D eigenvalue weighted by Gasteiger charge is 2.41. The number of rotatable bonds is 2. The molecule has 0 aromatic carbocycles. The Morgan fingerprint density at radius 2 is 1.52 bits per heavy atom. The monoisotopic (exact) mass is 341 g/mol. The van der Waals surface area contributed by atoms with E-state index in [4.69, 9.17) is 9.47 Å². The first-order valence-corrected chi connectivity index (χ1v) is 11.1. The summed E-state index contributed by atoms with van der Waals surface area (Å²) >= 11 is 2.11. The van der Waals surface area contributed by atoms with Crippen molar-refractivity contribution in [2.24, 2.45) is 11.8 Å². The number of thioether (sulfide) groups is 1. The molecule has 1 saturated carbocycles. The molecule has 2 heterocycles. The van der Waals surface area contributed by atoms with Gasteiger partial charge in [-0.05, 0) is 25.0 Å². The highest BCUT2D eigenvalue weighted by atomic mass is 32.2. The lowest BCUT2D eigenvalue weighted by Gasteiger charge is -2.43. The molecule has 0 N–H and O–H groups in total. The summed E-state index contributed by atoms with van der Waals surface area (Å²) in [5, 5.41) is 0.765. The molecule has 0 unspecified atom stereocenters. The van der Waals surface area contributed by atoms with Crippen molar-refractivity contribution in [1.82, 2.24) is 4.90 Å². The Balaban J connectivity index is 1.76. The predicted octanol–water partition coefficient (Wildman–Crippen LogP) is 3.82. The first-order chi connectivity index (χ1) is 11.4. The van der Waals surface area contributed by atoms with E-state index in [9.17, 15) is 0 Å². The van der Waals surface area contributed by atoms with Gasteiger partial charge in [0.1, 0.15) is 0 Å². The standard InChI is InChI=1S/C19H35NO2S/c1-23-18-9-7-5-3-2-4-6-8-16-14-22-15-17(16)19(18)20-10-12-21-13-11-20/h16-19H,2-15H2,1H3/t16-,17-,18+,19+/m1/s1. The molecule has 23 heavy (non-hydrogen) atoms. The van der Waals surface area contributed by atoms with Gasteiger partial charge in [-0.25, -0.2) is 0 Å². The van der Waals surface area contributed by atoms with Gasteiger partial charge in [-0.3, -0.25) is 4.90 Å². The van der Waals surface area contributed by atoms with E-state index in [-0.39, 0.29) is 0 Å². The van der Waals surface area contributed by atoms with Crippen LogP contribution >= 0.6 is 11.8 Å². The van der Waals surface area contributed by atoms with Crippen LogP contribution < -0.4 is 0 Å². The van der Waals surface area contributed by atoms with Gasteiger partial charge < -0.3 is 9.47 Å². The van der Waals surface area contributed by atoms with Crippen LogP contribution in [0, 0.1) is 11.8 Å². The third-order valence-electron chi connectivity index (χ3n) is 6.15. The molecular weight excluding hydrogens is 306 g/mol. The number of morpholine rings is 1. The molecule has 0 aromatic rings. The Kier molecular flexibility index (Phi) is 7.56. The average Bonchev–Trinajstić information content (AvgIpc) is 3.03. The minimum atomic E-state index is 0.695. The van der Waals surface area contributed by atoms with Crippen LogP contribution in [0.5, 0.6) is 0 Å². The van der Waals surface area contributed by atoms with Gasteiger partial charge in [-0.1, -0.05) is 38.5 Å². The molecule has 1 aliphatic carbocycles. The van der Waals surface area contributed by atoms with Gasteiger partial charge in [-0.15, -0.1) is 0 Å². The SMILES string of the molecule is CS[C@H]1CCCCCCCC[C@@H]2COC[C@H]2[C@@H]1N1CCOCC1. The molecule has 0 bridgehead atoms. The van der Waals surface area contributed by atoms with Crippen LogP contribution in [0.3, 0.4) is 0 Å². The van der Waals surface area contributed by atoms with Crippen LogP contribution in [0.2, 0.25) is 0 Å². The average molecular weight is 342 g/mol. The number of hydrogen-bond acceptors (Lipinski definition) is 4. The van der Waals surface area contributed by atoms with Gasteiger partial charge in [-0.2, -0.15) is 11.8 Å². The van der Waals surface area contributed by atoms with E-state index in [1.807, 2.05) is 0 Å². The van der Waals surface area contributed by atoms with Crippen molar-refractivity contribution < 1.29 is 9.47 Å². The summed E-state index contributed by atoms with van der Waals surface area (Å²) in [7, 11) is 0. The third-order valence-corrected chi connectivity index (χ3v) is 7.27. The Labute approximate surface area is 146 Å². The second-order valence-corrected chi connectivity index (χ2v) is 8.65. The van der Waals surface area contributed by atoms with Crippen molar-refractivity contribution >= 4 is 11.8 Å². The molecule has 2 aliphatic heterocycles. The van der Waals surface area contributed by atoms with Crippen molar-refractivity contribution in [3.8, 4) is 0 Å². The van der Waals surface area contributed by atoms with E-state index in [2.05, 4.69) is 22.9 Å². The normalized spacial score (nSPS) is 38.5. The molecule has 3 nitrogen and oxygen atoms in total. The van der Waals surface area contributed by atoms with Gasteiger partial charge in [0.25, 0.3) is 0 Å². The van der Waals surface area contributed by atoms with Gasteiger partial charge in [0.15, 0.2) is 0 Å². The fourth-order valence-electron chi connectivity index (χ4n) is 4.83. The minimum Gasteiger partial charge on any atom is -0.381 e. The Morgan fingerprint density at radius 1 is 0.826 bits per heavy atom. The second-order valence-electron chi connectivity index (χ2n) is 7.57. The molecule has 3 fully saturated rings. The molecule has 0 amide bonds. The van der Waals surface area contributed by atoms with Crippen molar-refractivity contribution in [3.05, 3.63) is 0 Å². The quantitative estimate of drug-likeness (QED) is 0.761. The molecular formula is C19H35NO2S. The van der Waals surface area contributed by atoms with E-state index in [1.54, 1.807) is 0 Å². The van der Waals surface area contributed by atoms with E-state index in [0.717, 1.165) is 56.6 Å². The van der Waals surface area contributed by atoms with E-state index >= 15 is 0 Å². The maximum atomic E-state index is 5.99. The van der Waals surface area contributed by atoms with Gasteiger partial charge in [0.2, 0.25) is 0 Å². The Morgan fingerprint density at radius 3 is 2.26 bits per heavy atom. The lowest BCUT2D eigenvalue weighted by Crippen LogP contribution is -2.53. The van der Waals surface area contributed by atoms with E-state index < -0.39 is 0 Å². The van der Waals surface area contributed by atoms with Crippen molar-refractivity contribution in [1.29, 1.82) is 0 Å². The smallest absolute Gasteiger partial charge is 0.0594 e. The molecule has 0 radical (unpaired) electrons. The van der Waals surface area contributed by atoms with Crippen LogP contribution in [0.4, 0.5) is 0 Å². The lowest BCUT2D eigenvalue weighted by atomic mass is 9.81. The van der Waals surface area contributed by atoms with Crippen molar-refractivity contribution in [2.45, 2.75) is 62.7 Å². The molecule has 3 rings (SSSR count). The summed E-state index contributed by atoms with van der Waals surface area (Å²) in [6, 6.07) is 0.695. The highest BCUT2D eigenvalue weighted by Crippen LogP contribution is 2.37. The minimum absolute atomic E-state index is 0.695. The van der Waals surface area contributed by atoms with Gasteiger partial charge in [0, 0.05) is 36.9 Å². The molecule has 0 spiro atoms. The fourth-order valence-corrected chi connectivity index (χ4v) is 5.89. The number of hydrogen-bond donors (Lipinski definition) is 0. The molecule has 4 heteroatoms. The summed E-state index contributed by atoms with van der Waals surface area (Å²) < 4.78 is 11.6. The second kappa shape index (κ2) is 9.65. The predicted molar refractivity (Wildman–Crippen MR) is 98.2 cm³/mol. The summed E-state index contributed by atoms with van der Waals surface area (Å²) in [6.45, 7) is 6.05. The first kappa shape index (κ1) is 18.0. The lowest BCUT2D eigenvalue weighted by molar-refractivity contribution is -0.00438. The molecule has 134 valence electrons. The summed E-state index contributed by atoms with van der Waals surface area (Å²) in [4.78, 5) is 2.75. The molecule has 4 atom stereocenters. The van der Waals surface area contributed by atoms with Crippen molar-refractivity contribution in [3.63, 3.8) is 0 Å². The maximum Gasteiger partial charge on any atom is 0.0594 e. The van der Waals surface area contributed by atoms with Crippen LogP contribution in [-0.2, 0) is 9.47 Å². The van der Waals surface area contributed by atoms with Gasteiger partial charge in [0.05, 0.1) is 19.8 Å². The molecule has 0 aromatic heterocycles. The topological polar surface area (TPSA) is 21.7 Å². The summed E-state index contributed by atoms with van der Waals surface area (Å²) in [5.41, 5.74) is 0. The first-order valence-electron chi connectivity index (χ1n) is 9.82. The number of fused-ring (bicyclic) bond motifs is 1. The fraction of sp³-hybridized carbons (Fsp3) is 1.00. The van der Waals surface area contributed by atoms with Crippen LogP contribution in [0.15, 0.2) is 0 Å². The zero-order valence-corrected chi connectivity index (χ0v) is 15.7. The molecule has 3 aliphatic rings. The van der Waals surface area contributed by atoms with E-state index in [1.165, 1.54) is 51.4 Å². The molecule has 2 saturated heterocycles. The van der Waals surface area contributed by atoms with E-state index in [0.29, 0.717) is 6.04 Å². The maximum absolute atomic E-state index is 5.99. The Hall–Kier alpha value is 0.230. The van der Waals surface area contributed by atoms with Crippen LogP contribution in [0.1, 0.15) is 51.4 Å². The largest absolute Gasteiger partial charge is 0.381 e. The zero-order chi connectivity index (χ0) is 15.9. The number of nitrogens with zero attached hydrogens (tertiary/aromatic N) is 1. The third kappa shape index (κ3) is 4.87. The van der Waals surface area contributed by atoms with Gasteiger partial charge >= 0.3 is 0 Å². The highest BCUT2D eigenvalue weighted by molar-refractivity contribution is 7.99.